The Morgan fingerprint density at radius 2 is 1.94 bits per heavy atom. The molecule has 102 valence electrons. The van der Waals surface area contributed by atoms with Crippen molar-refractivity contribution >= 4 is 12.0 Å². The Kier molecular flexibility index (Phi) is 3.50. The first-order chi connectivity index (χ1) is 8.47. The minimum atomic E-state index is -0.539. The predicted molar refractivity (Wildman–Crippen MR) is 67.0 cm³/mol. The van der Waals surface area contributed by atoms with Crippen molar-refractivity contribution < 1.29 is 14.3 Å². The van der Waals surface area contributed by atoms with Gasteiger partial charge in [-0.05, 0) is 30.6 Å². The zero-order valence-corrected chi connectivity index (χ0v) is 11.4. The Hall–Kier alpha value is -1.26. The normalized spacial score (nSPS) is 22.1. The van der Waals surface area contributed by atoms with Crippen molar-refractivity contribution in [2.24, 2.45) is 11.3 Å². The van der Waals surface area contributed by atoms with Crippen LogP contribution in [0.15, 0.2) is 0 Å². The van der Waals surface area contributed by atoms with E-state index in [9.17, 15) is 9.59 Å². The molecule has 1 saturated carbocycles. The van der Waals surface area contributed by atoms with Gasteiger partial charge >= 0.3 is 6.09 Å². The molecule has 1 heterocycles. The topological polar surface area (TPSA) is 58.6 Å². The maximum Gasteiger partial charge on any atom is 0.407 e. The minimum Gasteiger partial charge on any atom is -0.453 e. The third kappa shape index (κ3) is 2.60. The van der Waals surface area contributed by atoms with E-state index in [0.29, 0.717) is 5.41 Å². The number of likely N-dealkylation sites (tertiary alicyclic amines) is 1. The highest BCUT2D eigenvalue weighted by atomic mass is 16.5. The zero-order valence-electron chi connectivity index (χ0n) is 11.4. The first kappa shape index (κ1) is 13.2. The summed E-state index contributed by atoms with van der Waals surface area (Å²) in [5, 5.41) is 2.64. The molecule has 18 heavy (non-hydrogen) atoms. The summed E-state index contributed by atoms with van der Waals surface area (Å²) >= 11 is 0. The van der Waals surface area contributed by atoms with Gasteiger partial charge in [0.25, 0.3) is 0 Å². The number of hydrogen-bond donors (Lipinski definition) is 1. The molecule has 1 saturated heterocycles. The summed E-state index contributed by atoms with van der Waals surface area (Å²) in [7, 11) is 1.31. The highest BCUT2D eigenvalue weighted by Gasteiger charge is 2.49. The number of amides is 2. The number of nitrogens with one attached hydrogen (secondary N) is 1. The summed E-state index contributed by atoms with van der Waals surface area (Å²) in [6.45, 7) is 5.55. The maximum absolute atomic E-state index is 12.4. The van der Waals surface area contributed by atoms with Crippen LogP contribution in [0.5, 0.6) is 0 Å². The molecule has 1 aliphatic carbocycles. The van der Waals surface area contributed by atoms with Crippen LogP contribution in [0.25, 0.3) is 0 Å². The average Bonchev–Trinajstić information content (AvgIpc) is 2.95. The van der Waals surface area contributed by atoms with Crippen LogP contribution in [0.1, 0.15) is 33.1 Å². The molecule has 1 unspecified atom stereocenters. The molecule has 1 atom stereocenters. The van der Waals surface area contributed by atoms with E-state index < -0.39 is 12.1 Å². The number of hydrogen-bond acceptors (Lipinski definition) is 3. The fourth-order valence-electron chi connectivity index (χ4n) is 2.60. The van der Waals surface area contributed by atoms with Crippen LogP contribution in [-0.4, -0.2) is 43.1 Å². The molecule has 2 fully saturated rings. The van der Waals surface area contributed by atoms with Crippen LogP contribution in [-0.2, 0) is 9.53 Å². The molecule has 2 amide bonds. The monoisotopic (exact) mass is 254 g/mol. The van der Waals surface area contributed by atoms with Crippen LogP contribution < -0.4 is 5.32 Å². The van der Waals surface area contributed by atoms with Gasteiger partial charge in [0.1, 0.15) is 6.04 Å². The lowest BCUT2D eigenvalue weighted by atomic mass is 10.0. The lowest BCUT2D eigenvalue weighted by Gasteiger charge is -2.26. The summed E-state index contributed by atoms with van der Waals surface area (Å²) < 4.78 is 4.58. The second-order valence-electron chi connectivity index (χ2n) is 5.87. The fraction of sp³-hybridized carbons (Fsp3) is 0.846. The molecule has 1 spiro atoms. The van der Waals surface area contributed by atoms with Gasteiger partial charge in [0.15, 0.2) is 0 Å². The molecule has 1 N–H and O–H groups in total. The third-order valence-electron chi connectivity index (χ3n) is 4.10. The van der Waals surface area contributed by atoms with Crippen LogP contribution in [0.2, 0.25) is 0 Å². The number of carbonyl (C=O) groups excluding carboxylic acids is 2. The molecule has 5 heteroatoms. The summed E-state index contributed by atoms with van der Waals surface area (Å²) in [6, 6.07) is -0.480. The van der Waals surface area contributed by atoms with Gasteiger partial charge in [-0.1, -0.05) is 13.8 Å². The molecule has 1 aliphatic heterocycles. The van der Waals surface area contributed by atoms with Crippen molar-refractivity contribution in [3.05, 3.63) is 0 Å². The Morgan fingerprint density at radius 1 is 1.28 bits per heavy atom. The molecular weight excluding hydrogens is 232 g/mol. The third-order valence-corrected chi connectivity index (χ3v) is 4.10. The van der Waals surface area contributed by atoms with Crippen molar-refractivity contribution in [1.29, 1.82) is 0 Å². The predicted octanol–water partition coefficient (Wildman–Crippen LogP) is 1.38. The van der Waals surface area contributed by atoms with Gasteiger partial charge in [0.05, 0.1) is 7.11 Å². The van der Waals surface area contributed by atoms with Crippen LogP contribution >= 0.6 is 0 Å². The van der Waals surface area contributed by atoms with E-state index in [1.807, 2.05) is 18.7 Å². The highest BCUT2D eigenvalue weighted by molar-refractivity contribution is 5.86. The largest absolute Gasteiger partial charge is 0.453 e. The van der Waals surface area contributed by atoms with E-state index in [1.165, 1.54) is 20.0 Å². The quantitative estimate of drug-likeness (QED) is 0.827. The van der Waals surface area contributed by atoms with Gasteiger partial charge in [-0.3, -0.25) is 4.79 Å². The Morgan fingerprint density at radius 3 is 2.39 bits per heavy atom. The molecule has 0 aromatic rings. The van der Waals surface area contributed by atoms with Crippen LogP contribution in [0, 0.1) is 11.3 Å². The molecule has 0 aromatic heterocycles. The number of ether oxygens (including phenoxy) is 1. The lowest BCUT2D eigenvalue weighted by molar-refractivity contribution is -0.133. The first-order valence-electron chi connectivity index (χ1n) is 6.61. The summed E-state index contributed by atoms with van der Waals surface area (Å²) in [6.07, 6.45) is 3.06. The number of alkyl carbamates (subject to hydrolysis) is 1. The number of carbonyl (C=O) groups is 2. The second-order valence-corrected chi connectivity index (χ2v) is 5.87. The number of rotatable bonds is 3. The number of nitrogens with zero attached hydrogens (tertiary/aromatic N) is 1. The molecular formula is C13H22N2O3. The highest BCUT2D eigenvalue weighted by Crippen LogP contribution is 2.52. The Bertz CT molecular complexity index is 350. The Labute approximate surface area is 108 Å². The van der Waals surface area contributed by atoms with Gasteiger partial charge in [0, 0.05) is 13.1 Å². The van der Waals surface area contributed by atoms with Crippen molar-refractivity contribution in [2.45, 2.75) is 39.2 Å². The summed E-state index contributed by atoms with van der Waals surface area (Å²) in [4.78, 5) is 25.6. The maximum atomic E-state index is 12.4. The van der Waals surface area contributed by atoms with E-state index in [2.05, 4.69) is 10.1 Å². The van der Waals surface area contributed by atoms with E-state index in [-0.39, 0.29) is 11.8 Å². The van der Waals surface area contributed by atoms with Gasteiger partial charge in [-0.15, -0.1) is 0 Å². The molecule has 0 bridgehead atoms. The molecule has 5 nitrogen and oxygen atoms in total. The van der Waals surface area contributed by atoms with Crippen molar-refractivity contribution in [3.63, 3.8) is 0 Å². The van der Waals surface area contributed by atoms with Gasteiger partial charge in [-0.2, -0.15) is 0 Å². The number of methoxy groups -OCH3 is 1. The molecule has 0 radical (unpaired) electrons. The van der Waals surface area contributed by atoms with E-state index in [1.54, 1.807) is 0 Å². The van der Waals surface area contributed by atoms with Crippen LogP contribution in [0.3, 0.4) is 0 Å². The van der Waals surface area contributed by atoms with Gasteiger partial charge in [0.2, 0.25) is 5.91 Å². The fourth-order valence-corrected chi connectivity index (χ4v) is 2.60. The summed E-state index contributed by atoms with van der Waals surface area (Å²) in [5.74, 6) is 0.0894. The van der Waals surface area contributed by atoms with Crippen molar-refractivity contribution in [1.82, 2.24) is 10.2 Å². The lowest BCUT2D eigenvalue weighted by Crippen LogP contribution is -2.50. The van der Waals surface area contributed by atoms with Crippen molar-refractivity contribution in [3.8, 4) is 0 Å². The first-order valence-corrected chi connectivity index (χ1v) is 6.61. The molecule has 2 aliphatic rings. The SMILES string of the molecule is COC(=O)NC(C(=O)N1CCC2(CC2)C1)C(C)C. The zero-order chi connectivity index (χ0) is 13.3. The smallest absolute Gasteiger partial charge is 0.407 e. The molecule has 2 rings (SSSR count). The van der Waals surface area contributed by atoms with Gasteiger partial charge < -0.3 is 15.0 Å². The van der Waals surface area contributed by atoms with E-state index in [0.717, 1.165) is 19.5 Å². The average molecular weight is 254 g/mol. The Balaban J connectivity index is 1.97. The standard InChI is InChI=1S/C13H22N2O3/c1-9(2)10(14-12(17)18-3)11(16)15-7-6-13(8-15)4-5-13/h9-10H,4-8H2,1-3H3,(H,14,17). The second kappa shape index (κ2) is 4.78. The van der Waals surface area contributed by atoms with Crippen molar-refractivity contribution in [2.75, 3.05) is 20.2 Å². The van der Waals surface area contributed by atoms with E-state index >= 15 is 0 Å². The minimum absolute atomic E-state index is 0.0270. The van der Waals surface area contributed by atoms with Gasteiger partial charge in [-0.25, -0.2) is 4.79 Å². The summed E-state index contributed by atoms with van der Waals surface area (Å²) in [5.41, 5.74) is 0.419. The molecule has 0 aromatic carbocycles. The van der Waals surface area contributed by atoms with E-state index in [4.69, 9.17) is 0 Å². The van der Waals surface area contributed by atoms with Crippen LogP contribution in [0.4, 0.5) is 4.79 Å².